The molecule has 0 aliphatic rings. The van der Waals surface area contributed by atoms with E-state index in [2.05, 4.69) is 22.0 Å². The van der Waals surface area contributed by atoms with E-state index in [1.54, 1.807) is 6.20 Å². The molecule has 0 bridgehead atoms. The molecule has 0 saturated heterocycles. The van der Waals surface area contributed by atoms with Crippen molar-refractivity contribution >= 4 is 0 Å². The molecule has 2 N–H and O–H groups in total. The van der Waals surface area contributed by atoms with E-state index in [-0.39, 0.29) is 6.04 Å². The van der Waals surface area contributed by atoms with Crippen molar-refractivity contribution in [1.29, 1.82) is 0 Å². The quantitative estimate of drug-likeness (QED) is 0.845. The Hall–Kier alpha value is -1.75. The normalized spacial score (nSPS) is 12.6. The van der Waals surface area contributed by atoms with Crippen molar-refractivity contribution in [1.82, 2.24) is 15.1 Å². The summed E-state index contributed by atoms with van der Waals surface area (Å²) in [6.45, 7) is 2.13. The summed E-state index contributed by atoms with van der Waals surface area (Å²) in [4.78, 5) is 8.54. The third-order valence-electron chi connectivity index (χ3n) is 2.74. The van der Waals surface area contributed by atoms with Gasteiger partial charge in [-0.3, -0.25) is 4.98 Å². The van der Waals surface area contributed by atoms with Gasteiger partial charge in [0, 0.05) is 11.9 Å². The molecule has 0 radical (unpaired) electrons. The Bertz CT molecular complexity index is 469. The lowest BCUT2D eigenvalue weighted by Crippen LogP contribution is -2.10. The van der Waals surface area contributed by atoms with Crippen LogP contribution >= 0.6 is 0 Å². The zero-order valence-electron chi connectivity index (χ0n) is 10.5. The number of aromatic nitrogens is 3. The van der Waals surface area contributed by atoms with E-state index >= 15 is 0 Å². The molecule has 1 atom stereocenters. The van der Waals surface area contributed by atoms with Crippen LogP contribution in [0.15, 0.2) is 28.9 Å². The third-order valence-corrected chi connectivity index (χ3v) is 2.74. The average molecular weight is 246 g/mol. The minimum absolute atomic E-state index is 0.157. The predicted octanol–water partition coefficient (Wildman–Crippen LogP) is 2.25. The summed E-state index contributed by atoms with van der Waals surface area (Å²) < 4.78 is 5.18. The molecule has 0 aliphatic carbocycles. The second-order valence-electron chi connectivity index (χ2n) is 4.30. The topological polar surface area (TPSA) is 77.8 Å². The molecule has 0 unspecified atom stereocenters. The van der Waals surface area contributed by atoms with Gasteiger partial charge in [-0.05, 0) is 18.6 Å². The number of pyridine rings is 1. The largest absolute Gasteiger partial charge is 0.338 e. The lowest BCUT2D eigenvalue weighted by molar-refractivity contribution is 0.343. The van der Waals surface area contributed by atoms with Crippen molar-refractivity contribution in [2.24, 2.45) is 5.73 Å². The van der Waals surface area contributed by atoms with Crippen LogP contribution in [0.3, 0.4) is 0 Å². The highest BCUT2D eigenvalue weighted by Gasteiger charge is 2.14. The van der Waals surface area contributed by atoms with E-state index in [4.69, 9.17) is 10.3 Å². The second kappa shape index (κ2) is 6.26. The molecular weight excluding hydrogens is 228 g/mol. The van der Waals surface area contributed by atoms with Crippen molar-refractivity contribution in [3.63, 3.8) is 0 Å². The SMILES string of the molecule is CCCC[C@H](N)c1nc(Cc2ccccn2)no1. The number of nitrogens with zero attached hydrogens (tertiary/aromatic N) is 3. The monoisotopic (exact) mass is 246 g/mol. The van der Waals surface area contributed by atoms with Crippen LogP contribution in [0.1, 0.15) is 49.6 Å². The molecule has 0 amide bonds. The molecule has 18 heavy (non-hydrogen) atoms. The number of rotatable bonds is 6. The highest BCUT2D eigenvalue weighted by molar-refractivity contribution is 5.09. The zero-order chi connectivity index (χ0) is 12.8. The Labute approximate surface area is 106 Å². The summed E-state index contributed by atoms with van der Waals surface area (Å²) in [6.07, 6.45) is 5.39. The number of hydrogen-bond donors (Lipinski definition) is 1. The lowest BCUT2D eigenvalue weighted by atomic mass is 10.1. The van der Waals surface area contributed by atoms with Gasteiger partial charge in [0.2, 0.25) is 5.89 Å². The Balaban J connectivity index is 1.98. The van der Waals surface area contributed by atoms with Crippen molar-refractivity contribution < 1.29 is 4.52 Å². The minimum atomic E-state index is -0.157. The molecule has 96 valence electrons. The van der Waals surface area contributed by atoms with Crippen LogP contribution in [-0.2, 0) is 6.42 Å². The van der Waals surface area contributed by atoms with E-state index in [9.17, 15) is 0 Å². The van der Waals surface area contributed by atoms with Gasteiger partial charge in [-0.1, -0.05) is 31.0 Å². The van der Waals surface area contributed by atoms with Crippen molar-refractivity contribution in [3.05, 3.63) is 41.8 Å². The smallest absolute Gasteiger partial charge is 0.243 e. The fraction of sp³-hybridized carbons (Fsp3) is 0.462. The number of unbranched alkanes of at least 4 members (excludes halogenated alkanes) is 1. The maximum absolute atomic E-state index is 5.98. The molecule has 0 aromatic carbocycles. The molecule has 0 spiro atoms. The Morgan fingerprint density at radius 1 is 1.39 bits per heavy atom. The summed E-state index contributed by atoms with van der Waals surface area (Å²) in [7, 11) is 0. The molecule has 5 nitrogen and oxygen atoms in total. The average Bonchev–Trinajstić information content (AvgIpc) is 2.86. The van der Waals surface area contributed by atoms with Crippen molar-refractivity contribution in [2.45, 2.75) is 38.6 Å². The molecule has 0 saturated carbocycles. The molecule has 0 aliphatic heterocycles. The molecule has 2 heterocycles. The first-order chi connectivity index (χ1) is 8.79. The standard InChI is InChI=1S/C13H18N4O/c1-2-3-7-11(14)13-16-12(17-18-13)9-10-6-4-5-8-15-10/h4-6,8,11H,2-3,7,9,14H2,1H3/t11-/m0/s1. The van der Waals surface area contributed by atoms with E-state index in [1.807, 2.05) is 18.2 Å². The summed E-state index contributed by atoms with van der Waals surface area (Å²) in [5.74, 6) is 1.16. The fourth-order valence-electron chi connectivity index (χ4n) is 1.70. The van der Waals surface area contributed by atoms with Crippen molar-refractivity contribution in [3.8, 4) is 0 Å². The Morgan fingerprint density at radius 3 is 3.00 bits per heavy atom. The van der Waals surface area contributed by atoms with Crippen LogP contribution in [-0.4, -0.2) is 15.1 Å². The minimum Gasteiger partial charge on any atom is -0.338 e. The first-order valence-electron chi connectivity index (χ1n) is 6.27. The zero-order valence-corrected chi connectivity index (χ0v) is 10.5. The number of hydrogen-bond acceptors (Lipinski definition) is 5. The van der Waals surface area contributed by atoms with Crippen LogP contribution in [0.4, 0.5) is 0 Å². The molecule has 2 rings (SSSR count). The van der Waals surface area contributed by atoms with Gasteiger partial charge in [-0.15, -0.1) is 0 Å². The lowest BCUT2D eigenvalue weighted by Gasteiger charge is -2.03. The number of nitrogens with two attached hydrogens (primary N) is 1. The summed E-state index contributed by atoms with van der Waals surface area (Å²) >= 11 is 0. The van der Waals surface area contributed by atoms with E-state index in [0.717, 1.165) is 25.0 Å². The van der Waals surface area contributed by atoms with Gasteiger partial charge in [0.15, 0.2) is 5.82 Å². The van der Waals surface area contributed by atoms with Crippen molar-refractivity contribution in [2.75, 3.05) is 0 Å². The van der Waals surface area contributed by atoms with Gasteiger partial charge >= 0.3 is 0 Å². The molecule has 2 aromatic heterocycles. The molecule has 0 fully saturated rings. The van der Waals surface area contributed by atoms with E-state index < -0.39 is 0 Å². The summed E-state index contributed by atoms with van der Waals surface area (Å²) in [5.41, 5.74) is 6.90. The second-order valence-corrected chi connectivity index (χ2v) is 4.30. The van der Waals surface area contributed by atoms with Crippen LogP contribution in [0, 0.1) is 0 Å². The summed E-state index contributed by atoms with van der Waals surface area (Å²) in [6, 6.07) is 5.60. The van der Waals surface area contributed by atoms with Gasteiger partial charge in [0.1, 0.15) is 0 Å². The van der Waals surface area contributed by atoms with Gasteiger partial charge < -0.3 is 10.3 Å². The van der Waals surface area contributed by atoms with Gasteiger partial charge in [0.25, 0.3) is 0 Å². The fourth-order valence-corrected chi connectivity index (χ4v) is 1.70. The van der Waals surface area contributed by atoms with Crippen LogP contribution in [0.5, 0.6) is 0 Å². The maximum Gasteiger partial charge on any atom is 0.243 e. The highest BCUT2D eigenvalue weighted by atomic mass is 16.5. The van der Waals surface area contributed by atoms with Gasteiger partial charge in [-0.2, -0.15) is 4.98 Å². The molecular formula is C13H18N4O. The maximum atomic E-state index is 5.98. The molecule has 2 aromatic rings. The van der Waals surface area contributed by atoms with Crippen LogP contribution < -0.4 is 5.73 Å². The first kappa shape index (κ1) is 12.7. The van der Waals surface area contributed by atoms with E-state index in [1.165, 1.54) is 0 Å². The van der Waals surface area contributed by atoms with Gasteiger partial charge in [0.05, 0.1) is 12.5 Å². The highest BCUT2D eigenvalue weighted by Crippen LogP contribution is 2.15. The summed E-state index contributed by atoms with van der Waals surface area (Å²) in [5, 5.41) is 3.93. The predicted molar refractivity (Wildman–Crippen MR) is 67.8 cm³/mol. The van der Waals surface area contributed by atoms with Crippen LogP contribution in [0.2, 0.25) is 0 Å². The van der Waals surface area contributed by atoms with Gasteiger partial charge in [-0.25, -0.2) is 0 Å². The van der Waals surface area contributed by atoms with Crippen LogP contribution in [0.25, 0.3) is 0 Å². The van der Waals surface area contributed by atoms with E-state index in [0.29, 0.717) is 18.1 Å². The third kappa shape index (κ3) is 3.37. The Morgan fingerprint density at radius 2 is 2.28 bits per heavy atom. The Kier molecular flexibility index (Phi) is 4.41. The first-order valence-corrected chi connectivity index (χ1v) is 6.27. The molecule has 5 heteroatoms.